The van der Waals surface area contributed by atoms with Gasteiger partial charge in [0.25, 0.3) is 0 Å². The van der Waals surface area contributed by atoms with Gasteiger partial charge in [0.1, 0.15) is 0 Å². The van der Waals surface area contributed by atoms with E-state index in [1.54, 1.807) is 0 Å². The van der Waals surface area contributed by atoms with Gasteiger partial charge in [-0.3, -0.25) is 0 Å². The lowest BCUT2D eigenvalue weighted by Crippen LogP contribution is -2.17. The number of aliphatic hydroxyl groups is 1. The first-order valence-corrected chi connectivity index (χ1v) is 4.81. The van der Waals surface area contributed by atoms with Gasteiger partial charge in [0.2, 0.25) is 0 Å². The Labute approximate surface area is 76.5 Å². The Bertz CT molecular complexity index is 128. The Kier molecular flexibility index (Phi) is 5.23. The van der Waals surface area contributed by atoms with Gasteiger partial charge in [-0.1, -0.05) is 26.0 Å². The van der Waals surface area contributed by atoms with Crippen LogP contribution in [0.4, 0.5) is 0 Å². The zero-order valence-corrected chi connectivity index (χ0v) is 8.80. The van der Waals surface area contributed by atoms with Gasteiger partial charge in [-0.2, -0.15) is 0 Å². The maximum atomic E-state index is 9.40. The van der Waals surface area contributed by atoms with E-state index >= 15 is 0 Å². The van der Waals surface area contributed by atoms with Crippen LogP contribution in [-0.2, 0) is 0 Å². The lowest BCUT2D eigenvalue weighted by molar-refractivity contribution is 0.0691. The van der Waals surface area contributed by atoms with Crippen molar-refractivity contribution in [3.8, 4) is 0 Å². The Morgan fingerprint density at radius 1 is 1.33 bits per heavy atom. The van der Waals surface area contributed by atoms with Crippen LogP contribution in [0.15, 0.2) is 12.2 Å². The standard InChI is InChI=1S/C11H22O/c1-10(2)8-6-5-7-9-11(3,4)12/h6,8,10,12H,5,7,9H2,1-4H3/b8-6+. The Morgan fingerprint density at radius 3 is 2.33 bits per heavy atom. The first kappa shape index (κ1) is 11.7. The predicted molar refractivity (Wildman–Crippen MR) is 54.1 cm³/mol. The Morgan fingerprint density at radius 2 is 1.92 bits per heavy atom. The van der Waals surface area contributed by atoms with Crippen LogP contribution < -0.4 is 0 Å². The molecule has 0 saturated heterocycles. The molecule has 0 atom stereocenters. The molecule has 0 fully saturated rings. The molecule has 1 N–H and O–H groups in total. The number of hydrogen-bond donors (Lipinski definition) is 1. The summed E-state index contributed by atoms with van der Waals surface area (Å²) in [6, 6.07) is 0. The molecule has 0 aliphatic carbocycles. The largest absolute Gasteiger partial charge is 0.390 e. The zero-order valence-electron chi connectivity index (χ0n) is 8.80. The molecule has 0 heterocycles. The maximum absolute atomic E-state index is 9.40. The summed E-state index contributed by atoms with van der Waals surface area (Å²) in [5.74, 6) is 0.645. The fourth-order valence-corrected chi connectivity index (χ4v) is 1.02. The summed E-state index contributed by atoms with van der Waals surface area (Å²) in [6.07, 6.45) is 7.46. The number of hydrogen-bond acceptors (Lipinski definition) is 1. The van der Waals surface area contributed by atoms with Crippen LogP contribution in [0.3, 0.4) is 0 Å². The van der Waals surface area contributed by atoms with E-state index < -0.39 is 5.60 Å². The molecule has 1 nitrogen and oxygen atoms in total. The fraction of sp³-hybridized carbons (Fsp3) is 0.818. The molecule has 1 heteroatoms. The second-order valence-electron chi connectivity index (χ2n) is 4.38. The molecule has 0 aromatic rings. The van der Waals surface area contributed by atoms with Gasteiger partial charge in [-0.05, 0) is 39.0 Å². The van der Waals surface area contributed by atoms with Crippen LogP contribution in [0.5, 0.6) is 0 Å². The van der Waals surface area contributed by atoms with Crippen LogP contribution in [0.1, 0.15) is 47.0 Å². The molecule has 0 bridgehead atoms. The van der Waals surface area contributed by atoms with Crippen LogP contribution in [0.25, 0.3) is 0 Å². The lowest BCUT2D eigenvalue weighted by Gasteiger charge is -2.15. The molecule has 0 saturated carbocycles. The Hall–Kier alpha value is -0.300. The molecule has 72 valence electrons. The molecule has 0 aromatic carbocycles. The summed E-state index contributed by atoms with van der Waals surface area (Å²) >= 11 is 0. The Balaban J connectivity index is 3.34. The summed E-state index contributed by atoms with van der Waals surface area (Å²) in [5, 5.41) is 9.40. The summed E-state index contributed by atoms with van der Waals surface area (Å²) in [7, 11) is 0. The first-order valence-electron chi connectivity index (χ1n) is 4.81. The molecule has 0 unspecified atom stereocenters. The second-order valence-corrected chi connectivity index (χ2v) is 4.38. The third-order valence-electron chi connectivity index (χ3n) is 1.68. The third kappa shape index (κ3) is 9.70. The van der Waals surface area contributed by atoms with Crippen molar-refractivity contribution in [1.82, 2.24) is 0 Å². The van der Waals surface area contributed by atoms with Crippen molar-refractivity contribution < 1.29 is 5.11 Å². The van der Waals surface area contributed by atoms with Crippen molar-refractivity contribution in [2.75, 3.05) is 0 Å². The molecule has 0 aromatic heterocycles. The van der Waals surface area contributed by atoms with E-state index in [1.165, 1.54) is 0 Å². The summed E-state index contributed by atoms with van der Waals surface area (Å²) in [4.78, 5) is 0. The van der Waals surface area contributed by atoms with Gasteiger partial charge in [-0.25, -0.2) is 0 Å². The van der Waals surface area contributed by atoms with E-state index in [2.05, 4.69) is 26.0 Å². The lowest BCUT2D eigenvalue weighted by atomic mass is 10.0. The minimum Gasteiger partial charge on any atom is -0.390 e. The van der Waals surface area contributed by atoms with Gasteiger partial charge in [0.05, 0.1) is 5.60 Å². The molecule has 0 spiro atoms. The number of rotatable bonds is 5. The van der Waals surface area contributed by atoms with E-state index in [9.17, 15) is 5.11 Å². The zero-order chi connectivity index (χ0) is 9.61. The highest BCUT2D eigenvalue weighted by Crippen LogP contribution is 2.12. The normalized spacial score (nSPS) is 13.2. The van der Waals surface area contributed by atoms with E-state index in [4.69, 9.17) is 0 Å². The van der Waals surface area contributed by atoms with Gasteiger partial charge in [0, 0.05) is 0 Å². The van der Waals surface area contributed by atoms with Crippen LogP contribution in [0.2, 0.25) is 0 Å². The second kappa shape index (κ2) is 5.36. The highest BCUT2D eigenvalue weighted by atomic mass is 16.3. The average Bonchev–Trinajstić information content (AvgIpc) is 1.83. The van der Waals surface area contributed by atoms with E-state index in [0.29, 0.717) is 5.92 Å². The molecular weight excluding hydrogens is 148 g/mol. The van der Waals surface area contributed by atoms with Crippen molar-refractivity contribution in [1.29, 1.82) is 0 Å². The average molecular weight is 170 g/mol. The molecular formula is C11H22O. The van der Waals surface area contributed by atoms with Crippen LogP contribution >= 0.6 is 0 Å². The molecule has 0 radical (unpaired) electrons. The van der Waals surface area contributed by atoms with Crippen molar-refractivity contribution in [3.05, 3.63) is 12.2 Å². The van der Waals surface area contributed by atoms with Gasteiger partial charge in [0.15, 0.2) is 0 Å². The predicted octanol–water partition coefficient (Wildman–Crippen LogP) is 3.14. The molecule has 0 amide bonds. The fourth-order valence-electron chi connectivity index (χ4n) is 1.02. The smallest absolute Gasteiger partial charge is 0.0591 e. The molecule has 0 aliphatic rings. The minimum atomic E-state index is -0.494. The van der Waals surface area contributed by atoms with Crippen LogP contribution in [0, 0.1) is 5.92 Å². The quantitative estimate of drug-likeness (QED) is 0.496. The molecule has 0 rings (SSSR count). The van der Waals surface area contributed by atoms with Crippen molar-refractivity contribution in [2.24, 2.45) is 5.92 Å². The molecule has 12 heavy (non-hydrogen) atoms. The van der Waals surface area contributed by atoms with E-state index in [0.717, 1.165) is 19.3 Å². The number of unbranched alkanes of at least 4 members (excludes halogenated alkanes) is 1. The highest BCUT2D eigenvalue weighted by molar-refractivity contribution is 4.84. The maximum Gasteiger partial charge on any atom is 0.0591 e. The minimum absolute atomic E-state index is 0.494. The van der Waals surface area contributed by atoms with E-state index in [1.807, 2.05) is 13.8 Å². The van der Waals surface area contributed by atoms with Crippen molar-refractivity contribution in [2.45, 2.75) is 52.6 Å². The third-order valence-corrected chi connectivity index (χ3v) is 1.68. The summed E-state index contributed by atoms with van der Waals surface area (Å²) in [5.41, 5.74) is -0.494. The first-order chi connectivity index (χ1) is 5.42. The van der Waals surface area contributed by atoms with Crippen molar-refractivity contribution >= 4 is 0 Å². The van der Waals surface area contributed by atoms with E-state index in [-0.39, 0.29) is 0 Å². The van der Waals surface area contributed by atoms with Crippen LogP contribution in [-0.4, -0.2) is 10.7 Å². The molecule has 0 aliphatic heterocycles. The topological polar surface area (TPSA) is 20.2 Å². The van der Waals surface area contributed by atoms with Crippen molar-refractivity contribution in [3.63, 3.8) is 0 Å². The van der Waals surface area contributed by atoms with Gasteiger partial charge < -0.3 is 5.11 Å². The number of allylic oxidation sites excluding steroid dienone is 2. The summed E-state index contributed by atoms with van der Waals surface area (Å²) < 4.78 is 0. The SMILES string of the molecule is CC(C)/C=C/CCCC(C)(C)O. The highest BCUT2D eigenvalue weighted by Gasteiger charge is 2.10. The van der Waals surface area contributed by atoms with Gasteiger partial charge >= 0.3 is 0 Å². The summed E-state index contributed by atoms with van der Waals surface area (Å²) in [6.45, 7) is 8.07. The monoisotopic (exact) mass is 170 g/mol. The van der Waals surface area contributed by atoms with Gasteiger partial charge in [-0.15, -0.1) is 0 Å².